The number of carbonyl (C=O) groups excluding carboxylic acids is 4. The van der Waals surface area contributed by atoms with Gasteiger partial charge in [0.25, 0.3) is 32.1 Å². The highest BCUT2D eigenvalue weighted by Crippen LogP contribution is 2.45. The van der Waals surface area contributed by atoms with Gasteiger partial charge in [0.05, 0.1) is 80.9 Å². The van der Waals surface area contributed by atoms with E-state index in [2.05, 4.69) is 41.3 Å². The molecule has 2 amide bonds. The summed E-state index contributed by atoms with van der Waals surface area (Å²) < 4.78 is 79.1. The van der Waals surface area contributed by atoms with Gasteiger partial charge in [0.15, 0.2) is 11.6 Å². The Morgan fingerprint density at radius 2 is 0.932 bits per heavy atom. The van der Waals surface area contributed by atoms with E-state index in [-0.39, 0.29) is 88.3 Å². The molecule has 2 fully saturated rings. The molecule has 0 saturated carbocycles. The molecular weight excluding hydrogens is 1410 g/mol. The molecule has 2 saturated heterocycles. The molecule has 3 aromatic heterocycles. The molecule has 0 spiro atoms. The van der Waals surface area contributed by atoms with E-state index in [4.69, 9.17) is 44.6 Å². The minimum atomic E-state index is -4.61. The fraction of sp³-hybridized carbons (Fsp3) is 0.388. The van der Waals surface area contributed by atoms with E-state index < -0.39 is 53.4 Å². The van der Waals surface area contributed by atoms with Gasteiger partial charge in [0.2, 0.25) is 28.1 Å². The van der Waals surface area contributed by atoms with Crippen molar-refractivity contribution in [3.8, 4) is 11.5 Å². The molecule has 4 aromatic carbocycles. The van der Waals surface area contributed by atoms with E-state index in [1.165, 1.54) is 64.5 Å². The zero-order valence-corrected chi connectivity index (χ0v) is 61.3. The van der Waals surface area contributed by atoms with Crippen molar-refractivity contribution in [3.63, 3.8) is 0 Å². The largest absolute Gasteiger partial charge is 0.494 e. The number of thiazole rings is 2. The standard InChI is InChI=1S/C67H82N18O14S4/c1-9-81(10-2)53-37-49(51(39-55(53)98-7)77-79-66-72-59(83-25-15-13-16-26-83)57(100-66)35-47(41(5)88)61(90)68-43-21-19-23-45(33-43)102(92,93)94)70-63-74-64(76-65(75-63)85(29-31-86)30-32-87)71-50-38-54(82(11-3)12-4)56(99-8)40-52(50)78-80-67-73-60(84-27-17-14-18-28-84)58(101-67)36-48(42(6)89)62(91)69-44-22-20-24-46(34-44)103(95,96)97/h19-24,33-40,86-87H,9-18,25-32H2,1-8H3,(H,68,90)(H,69,91)(H,92,93,94)(H,95,96,97)(H2,70,71,74,75,76)/b47-35-,48-36+,79-77?,80-78?. The topological polar surface area (TPSA) is 414 Å². The number of aromatic nitrogens is 5. The predicted molar refractivity (Wildman–Crippen MR) is 398 cm³/mol. The summed E-state index contributed by atoms with van der Waals surface area (Å²) in [6, 6.07) is 16.9. The number of carbonyl (C=O) groups is 4. The van der Waals surface area contributed by atoms with Crippen molar-refractivity contribution in [1.29, 1.82) is 0 Å². The number of methoxy groups -OCH3 is 2. The van der Waals surface area contributed by atoms with Crippen molar-refractivity contribution in [2.24, 2.45) is 20.5 Å². The molecule has 0 aliphatic carbocycles. The highest BCUT2D eigenvalue weighted by Gasteiger charge is 2.28. The number of aliphatic hydroxyl groups is 2. The molecule has 7 aromatic rings. The van der Waals surface area contributed by atoms with Gasteiger partial charge in [0, 0.05) is 89.0 Å². The summed E-state index contributed by atoms with van der Waals surface area (Å²) >= 11 is 2.13. The summed E-state index contributed by atoms with van der Waals surface area (Å²) in [5.41, 5.74) is 1.88. The van der Waals surface area contributed by atoms with Crippen molar-refractivity contribution >= 4 is 164 Å². The van der Waals surface area contributed by atoms with Crippen LogP contribution in [0.15, 0.2) is 114 Å². The number of ketones is 2. The Hall–Kier alpha value is -9.95. The van der Waals surface area contributed by atoms with Gasteiger partial charge < -0.3 is 65.5 Å². The molecular formula is C67H82N18O14S4. The van der Waals surface area contributed by atoms with Crippen molar-refractivity contribution in [2.75, 3.05) is 139 Å². The first kappa shape index (κ1) is 77.2. The number of hydrogen-bond acceptors (Lipinski definition) is 30. The maximum Gasteiger partial charge on any atom is 0.294 e. The number of amides is 2. The lowest BCUT2D eigenvalue weighted by molar-refractivity contribution is -0.120. The second kappa shape index (κ2) is 35.3. The van der Waals surface area contributed by atoms with Crippen LogP contribution in [0.3, 0.4) is 0 Å². The third-order valence-electron chi connectivity index (χ3n) is 16.6. The summed E-state index contributed by atoms with van der Waals surface area (Å²) in [7, 11) is -6.18. The molecule has 0 radical (unpaired) electrons. The number of azo groups is 2. The quantitative estimate of drug-likeness (QED) is 0.00623. The number of ether oxygens (including phenoxy) is 2. The maximum atomic E-state index is 13.9. The summed E-state index contributed by atoms with van der Waals surface area (Å²) in [4.78, 5) is 88.5. The molecule has 0 atom stereocenters. The zero-order valence-electron chi connectivity index (χ0n) is 58.1. The summed E-state index contributed by atoms with van der Waals surface area (Å²) in [6.45, 7) is 14.5. The third kappa shape index (κ3) is 19.8. The van der Waals surface area contributed by atoms with Crippen LogP contribution in [0, 0.1) is 0 Å². The highest BCUT2D eigenvalue weighted by molar-refractivity contribution is 7.86. The summed E-state index contributed by atoms with van der Waals surface area (Å²) in [5, 5.41) is 51.7. The van der Waals surface area contributed by atoms with E-state index in [0.29, 0.717) is 108 Å². The zero-order chi connectivity index (χ0) is 74.1. The van der Waals surface area contributed by atoms with Crippen LogP contribution < -0.4 is 55.2 Å². The van der Waals surface area contributed by atoms with E-state index >= 15 is 0 Å². The Kier molecular flexibility index (Phi) is 26.5. The van der Waals surface area contributed by atoms with E-state index in [9.17, 15) is 55.3 Å². The fourth-order valence-electron chi connectivity index (χ4n) is 11.4. The monoisotopic (exact) mass is 1490 g/mol. The molecule has 8 N–H and O–H groups in total. The smallest absolute Gasteiger partial charge is 0.294 e. The number of nitrogens with one attached hydrogen (secondary N) is 4. The number of hydrogen-bond donors (Lipinski definition) is 8. The first-order valence-electron chi connectivity index (χ1n) is 33.2. The summed E-state index contributed by atoms with van der Waals surface area (Å²) in [6.07, 6.45) is 8.19. The third-order valence-corrected chi connectivity index (χ3v) is 20.0. The SMILES string of the molecule is CCN(CC)c1cc(Nc2nc(Nc3cc(N(CC)CC)c(OC)cc3N=Nc3nc(N4CCCCC4)c(/C=C(\C(C)=O)C(=O)Nc4cccc(S(=O)(=O)O)c4)s3)nc(N(CCO)CCO)n2)c(N=Nc2nc(N3CCCCC3)c(/C=C(/C(C)=O)C(=O)Nc3cccc(S(=O)(=O)O)c3)s2)cc1OC. The number of Topliss-reactive ketones (excluding diaryl/α,β-unsaturated/α-hetero) is 2. The molecule has 5 heterocycles. The first-order chi connectivity index (χ1) is 49.4. The minimum Gasteiger partial charge on any atom is -0.494 e. The van der Waals surface area contributed by atoms with Crippen LogP contribution in [0.25, 0.3) is 12.2 Å². The van der Waals surface area contributed by atoms with Crippen LogP contribution in [-0.4, -0.2) is 177 Å². The predicted octanol–water partition coefficient (Wildman–Crippen LogP) is 11.3. The van der Waals surface area contributed by atoms with Crippen LogP contribution in [-0.2, 0) is 39.4 Å². The average Bonchev–Trinajstić information content (AvgIpc) is 1.72. The van der Waals surface area contributed by atoms with Gasteiger partial charge >= 0.3 is 0 Å². The Labute approximate surface area is 604 Å². The van der Waals surface area contributed by atoms with Crippen LogP contribution in [0.2, 0.25) is 0 Å². The minimum absolute atomic E-state index is 0.00646. The number of anilines is 11. The molecule has 103 heavy (non-hydrogen) atoms. The van der Waals surface area contributed by atoms with Crippen LogP contribution in [0.1, 0.15) is 89.8 Å². The fourth-order valence-corrected chi connectivity index (χ4v) is 14.1. The van der Waals surface area contributed by atoms with Crippen molar-refractivity contribution in [3.05, 3.63) is 93.7 Å². The molecule has 2 aliphatic rings. The Bertz CT molecular complexity index is 4320. The number of piperidine rings is 2. The van der Waals surface area contributed by atoms with Gasteiger partial charge in [-0.15, -0.1) is 20.5 Å². The van der Waals surface area contributed by atoms with Crippen molar-refractivity contribution in [2.45, 2.75) is 89.9 Å². The maximum absolute atomic E-state index is 13.9. The second-order valence-corrected chi connectivity index (χ2v) is 28.3. The normalized spacial score (nSPS) is 13.9. The lowest BCUT2D eigenvalue weighted by Crippen LogP contribution is -2.31. The Morgan fingerprint density at radius 3 is 1.27 bits per heavy atom. The van der Waals surface area contributed by atoms with Crippen LogP contribution >= 0.6 is 22.7 Å². The van der Waals surface area contributed by atoms with Gasteiger partial charge in [0.1, 0.15) is 34.5 Å². The lowest BCUT2D eigenvalue weighted by atomic mass is 10.1. The average molecular weight is 1490 g/mol. The molecule has 2 aliphatic heterocycles. The van der Waals surface area contributed by atoms with E-state index in [1.54, 1.807) is 29.2 Å². The Balaban J connectivity index is 1.13. The number of rotatable bonds is 33. The van der Waals surface area contributed by atoms with Crippen LogP contribution in [0.5, 0.6) is 11.5 Å². The van der Waals surface area contributed by atoms with Gasteiger partial charge in [-0.25, -0.2) is 0 Å². The number of benzene rings is 4. The lowest BCUT2D eigenvalue weighted by Gasteiger charge is -2.27. The number of nitrogens with zero attached hydrogens (tertiary/aromatic N) is 14. The van der Waals surface area contributed by atoms with Crippen molar-refractivity contribution < 1.29 is 64.8 Å². The Morgan fingerprint density at radius 1 is 0.544 bits per heavy atom. The molecule has 0 unspecified atom stereocenters. The molecule has 36 heteroatoms. The molecule has 9 rings (SSSR count). The van der Waals surface area contributed by atoms with E-state index in [0.717, 1.165) is 85.5 Å². The van der Waals surface area contributed by atoms with E-state index in [1.807, 2.05) is 37.5 Å². The second-order valence-electron chi connectivity index (χ2n) is 23.4. The van der Waals surface area contributed by atoms with Crippen LogP contribution in [0.4, 0.5) is 85.2 Å². The summed E-state index contributed by atoms with van der Waals surface area (Å²) in [5.74, 6) is -1.17. The highest BCUT2D eigenvalue weighted by atomic mass is 32.2. The van der Waals surface area contributed by atoms with Gasteiger partial charge in [-0.05, 0) is 141 Å². The molecule has 548 valence electrons. The van der Waals surface area contributed by atoms with Gasteiger partial charge in [-0.1, -0.05) is 34.8 Å². The molecule has 32 nitrogen and oxygen atoms in total. The van der Waals surface area contributed by atoms with Crippen molar-refractivity contribution in [1.82, 2.24) is 24.9 Å². The number of aliphatic hydroxyl groups excluding tert-OH is 2. The molecule has 0 bridgehead atoms. The first-order valence-corrected chi connectivity index (χ1v) is 37.7. The van der Waals surface area contributed by atoms with Gasteiger partial charge in [-0.3, -0.25) is 28.3 Å². The van der Waals surface area contributed by atoms with Gasteiger partial charge in [-0.2, -0.15) is 41.8 Å².